The maximum absolute atomic E-state index is 5.11. The normalized spacial score (nSPS) is 11.1. The molecule has 0 saturated carbocycles. The Bertz CT molecular complexity index is 236. The summed E-state index contributed by atoms with van der Waals surface area (Å²) in [5.74, 6) is 0. The van der Waals surface area contributed by atoms with Crippen LogP contribution in [0.1, 0.15) is 90.4 Å². The van der Waals surface area contributed by atoms with Crippen LogP contribution in [0.2, 0.25) is 0 Å². The summed E-state index contributed by atoms with van der Waals surface area (Å²) in [5.41, 5.74) is 0. The van der Waals surface area contributed by atoms with Gasteiger partial charge in [-0.3, -0.25) is 0 Å². The minimum atomic E-state index is 1.05. The summed E-state index contributed by atoms with van der Waals surface area (Å²) in [6, 6.07) is 0. The van der Waals surface area contributed by atoms with Gasteiger partial charge in [0, 0.05) is 0 Å². The van der Waals surface area contributed by atoms with Crippen molar-refractivity contribution >= 4 is 20.2 Å². The standard InChI is InChI=1S/C18H34OSe/c1-3-4-5-6-7-8-9-10-11-12-13-14-15-16-17-18(20)19-2/h10-11H,3-9,12-17H2,1-2H3/b11-10-. The monoisotopic (exact) mass is 346 g/mol. The van der Waals surface area contributed by atoms with Crippen molar-refractivity contribution in [3.63, 3.8) is 0 Å². The number of ether oxygens (including phenoxy) is 1. The molecule has 0 atom stereocenters. The number of methoxy groups -OCH3 is 1. The molecule has 0 fully saturated rings. The van der Waals surface area contributed by atoms with Gasteiger partial charge < -0.3 is 0 Å². The van der Waals surface area contributed by atoms with E-state index in [2.05, 4.69) is 34.7 Å². The predicted molar refractivity (Wildman–Crippen MR) is 92.6 cm³/mol. The Kier molecular flexibility index (Phi) is 16.9. The van der Waals surface area contributed by atoms with E-state index >= 15 is 0 Å². The van der Waals surface area contributed by atoms with Gasteiger partial charge in [-0.1, -0.05) is 32.6 Å². The number of hydrogen-bond acceptors (Lipinski definition) is 1. The topological polar surface area (TPSA) is 9.23 Å². The summed E-state index contributed by atoms with van der Waals surface area (Å²) in [6.07, 6.45) is 22.0. The molecule has 0 rings (SSSR count). The van der Waals surface area contributed by atoms with E-state index in [1.807, 2.05) is 0 Å². The molecule has 0 bridgehead atoms. The van der Waals surface area contributed by atoms with Crippen molar-refractivity contribution < 1.29 is 4.74 Å². The van der Waals surface area contributed by atoms with E-state index in [0.717, 1.165) is 11.0 Å². The van der Waals surface area contributed by atoms with Gasteiger partial charge >= 0.3 is 102 Å². The first-order chi connectivity index (χ1) is 9.81. The van der Waals surface area contributed by atoms with Gasteiger partial charge in [-0.2, -0.15) is 0 Å². The zero-order chi connectivity index (χ0) is 14.9. The SMILES string of the molecule is CCCCCCCC/C=C\CCCCCCC(=[Se])OC. The number of hydrogen-bond donors (Lipinski definition) is 0. The molecule has 0 unspecified atom stereocenters. The molecule has 0 aromatic rings. The molecule has 0 aliphatic rings. The third-order valence-electron chi connectivity index (χ3n) is 3.62. The second-order valence-electron chi connectivity index (χ2n) is 5.56. The van der Waals surface area contributed by atoms with Crippen LogP contribution < -0.4 is 0 Å². The molecule has 0 N–H and O–H groups in total. The Hall–Kier alpha value is -0.0705. The summed E-state index contributed by atoms with van der Waals surface area (Å²) < 4.78 is 6.16. The van der Waals surface area contributed by atoms with E-state index in [1.165, 1.54) is 77.0 Å². The van der Waals surface area contributed by atoms with Crippen LogP contribution >= 0.6 is 0 Å². The Morgan fingerprint density at radius 3 is 1.85 bits per heavy atom. The Morgan fingerprint density at radius 2 is 1.30 bits per heavy atom. The van der Waals surface area contributed by atoms with Crippen molar-refractivity contribution in [3.8, 4) is 0 Å². The molecule has 1 nitrogen and oxygen atoms in total. The van der Waals surface area contributed by atoms with E-state index in [4.69, 9.17) is 4.74 Å². The summed E-state index contributed by atoms with van der Waals surface area (Å²) in [4.78, 5) is 0. The molecule has 0 aromatic carbocycles. The van der Waals surface area contributed by atoms with Crippen LogP contribution in [0.25, 0.3) is 0 Å². The zero-order valence-electron chi connectivity index (χ0n) is 13.7. The van der Waals surface area contributed by atoms with Gasteiger partial charge in [0.05, 0.1) is 0 Å². The Morgan fingerprint density at radius 1 is 0.800 bits per heavy atom. The summed E-state index contributed by atoms with van der Waals surface area (Å²) in [7, 11) is 1.74. The molecular formula is C18H34OSe. The van der Waals surface area contributed by atoms with E-state index in [9.17, 15) is 0 Å². The van der Waals surface area contributed by atoms with Crippen molar-refractivity contribution in [2.45, 2.75) is 90.4 Å². The fraction of sp³-hybridized carbons (Fsp3) is 0.833. The molecule has 0 spiro atoms. The molecule has 0 radical (unpaired) electrons. The number of rotatable bonds is 15. The van der Waals surface area contributed by atoms with Crippen molar-refractivity contribution in [1.29, 1.82) is 0 Å². The average molecular weight is 345 g/mol. The summed E-state index contributed by atoms with van der Waals surface area (Å²) in [5, 5.41) is 0. The molecule has 20 heavy (non-hydrogen) atoms. The second-order valence-corrected chi connectivity index (χ2v) is 6.51. The van der Waals surface area contributed by atoms with Crippen LogP contribution in [0.4, 0.5) is 0 Å². The summed E-state index contributed by atoms with van der Waals surface area (Å²) in [6.45, 7) is 2.28. The fourth-order valence-electron chi connectivity index (χ4n) is 2.27. The fourth-order valence-corrected chi connectivity index (χ4v) is 2.57. The van der Waals surface area contributed by atoms with Crippen molar-refractivity contribution in [2.24, 2.45) is 0 Å². The van der Waals surface area contributed by atoms with Crippen molar-refractivity contribution in [2.75, 3.05) is 7.11 Å². The Labute approximate surface area is 134 Å². The quantitative estimate of drug-likeness (QED) is 0.214. The molecule has 0 heterocycles. The number of unbranched alkanes of at least 4 members (excludes halogenated alkanes) is 10. The van der Waals surface area contributed by atoms with Gasteiger partial charge in [0.25, 0.3) is 0 Å². The molecule has 0 aliphatic carbocycles. The van der Waals surface area contributed by atoms with Gasteiger partial charge in [0.15, 0.2) is 0 Å². The van der Waals surface area contributed by atoms with Gasteiger partial charge in [-0.05, 0) is 0 Å². The van der Waals surface area contributed by atoms with Crippen molar-refractivity contribution in [1.82, 2.24) is 0 Å². The van der Waals surface area contributed by atoms with Gasteiger partial charge in [0.1, 0.15) is 0 Å². The van der Waals surface area contributed by atoms with Crippen LogP contribution in [-0.4, -0.2) is 27.3 Å². The molecular weight excluding hydrogens is 311 g/mol. The first-order valence-electron chi connectivity index (χ1n) is 8.53. The predicted octanol–water partition coefficient (Wildman–Crippen LogP) is 5.58. The third-order valence-corrected chi connectivity index (χ3v) is 4.40. The van der Waals surface area contributed by atoms with Crippen LogP contribution in [0, 0.1) is 0 Å². The molecule has 0 saturated heterocycles. The molecule has 2 heteroatoms. The summed E-state index contributed by atoms with van der Waals surface area (Å²) >= 11 is 2.96. The van der Waals surface area contributed by atoms with Gasteiger partial charge in [-0.15, -0.1) is 0 Å². The van der Waals surface area contributed by atoms with Crippen molar-refractivity contribution in [3.05, 3.63) is 12.2 Å². The van der Waals surface area contributed by atoms with E-state index in [-0.39, 0.29) is 0 Å². The van der Waals surface area contributed by atoms with Crippen LogP contribution in [0.3, 0.4) is 0 Å². The first kappa shape index (κ1) is 19.9. The van der Waals surface area contributed by atoms with Crippen LogP contribution in [0.15, 0.2) is 12.2 Å². The van der Waals surface area contributed by atoms with Crippen LogP contribution in [-0.2, 0) is 4.74 Å². The molecule has 118 valence electrons. The van der Waals surface area contributed by atoms with Gasteiger partial charge in [-0.25, -0.2) is 0 Å². The van der Waals surface area contributed by atoms with E-state index in [0.29, 0.717) is 0 Å². The molecule has 0 aromatic heterocycles. The average Bonchev–Trinajstić information content (AvgIpc) is 2.47. The second kappa shape index (κ2) is 17.0. The third kappa shape index (κ3) is 16.0. The molecule has 0 amide bonds. The van der Waals surface area contributed by atoms with Crippen LogP contribution in [0.5, 0.6) is 0 Å². The first-order valence-corrected chi connectivity index (χ1v) is 9.38. The van der Waals surface area contributed by atoms with E-state index < -0.39 is 0 Å². The molecule has 0 aliphatic heterocycles. The minimum absolute atomic E-state index is 1.05. The van der Waals surface area contributed by atoms with Gasteiger partial charge in [0.2, 0.25) is 0 Å². The Balaban J connectivity index is 3.10. The zero-order valence-corrected chi connectivity index (χ0v) is 15.4. The number of allylic oxidation sites excluding steroid dienone is 2. The van der Waals surface area contributed by atoms with E-state index in [1.54, 1.807) is 7.11 Å². The maximum atomic E-state index is 5.11.